The van der Waals surface area contributed by atoms with Crippen molar-refractivity contribution in [1.29, 1.82) is 0 Å². The molecule has 0 atom stereocenters. The maximum absolute atomic E-state index is 9.00. The molecular weight excluding hydrogens is 605 g/mol. The second kappa shape index (κ2) is 19.4. The number of carbonyl (C=O) groups is 2. The standard InChI is InChI=1S/C27H26P2.2C2H4O2.Pd/c1-5-14-24(15-6-1)28(25-16-7-2-8-17-25)22-13-23-29(26-18-9-3-10-19-26)27-20-11-4-12-21-27;2*1-2(3)4;/h1-12,14-21H,13,22-23H2;2*1H3,(H,3,4);/q;;;+2. The van der Waals surface area contributed by atoms with E-state index in [9.17, 15) is 0 Å². The van der Waals surface area contributed by atoms with Crippen LogP contribution in [0.1, 0.15) is 20.3 Å². The first-order valence-electron chi connectivity index (χ1n) is 12.0. The molecule has 2 N–H and O–H groups in total. The van der Waals surface area contributed by atoms with Crippen molar-refractivity contribution in [2.75, 3.05) is 12.3 Å². The number of aliphatic carboxylic acids is 2. The van der Waals surface area contributed by atoms with Gasteiger partial charge in [-0.1, -0.05) is 121 Å². The zero-order valence-corrected chi connectivity index (χ0v) is 24.9. The summed E-state index contributed by atoms with van der Waals surface area (Å²) in [4.78, 5) is 18.0. The van der Waals surface area contributed by atoms with Crippen LogP contribution >= 0.6 is 15.8 Å². The molecule has 0 aliphatic carbocycles. The molecule has 0 heterocycles. The Morgan fingerprint density at radius 2 is 0.684 bits per heavy atom. The van der Waals surface area contributed by atoms with Crippen LogP contribution in [0.2, 0.25) is 0 Å². The fourth-order valence-corrected chi connectivity index (χ4v) is 8.59. The summed E-state index contributed by atoms with van der Waals surface area (Å²) in [5, 5.41) is 20.8. The Balaban J connectivity index is 0.000000709. The van der Waals surface area contributed by atoms with Crippen molar-refractivity contribution in [2.45, 2.75) is 20.3 Å². The van der Waals surface area contributed by atoms with Crippen molar-refractivity contribution in [3.8, 4) is 0 Å². The minimum absolute atomic E-state index is 0. The van der Waals surface area contributed by atoms with Gasteiger partial charge in [0.25, 0.3) is 11.9 Å². The van der Waals surface area contributed by atoms with Crippen molar-refractivity contribution in [2.24, 2.45) is 0 Å². The summed E-state index contributed by atoms with van der Waals surface area (Å²) < 4.78 is 0. The number of carboxylic acid groups (broad SMARTS) is 2. The molecule has 7 heteroatoms. The minimum atomic E-state index is -0.833. The Labute approximate surface area is 242 Å². The predicted molar refractivity (Wildman–Crippen MR) is 159 cm³/mol. The predicted octanol–water partition coefficient (Wildman–Crippen LogP) is 5.82. The van der Waals surface area contributed by atoms with E-state index >= 15 is 0 Å². The Bertz CT molecular complexity index is 996. The van der Waals surface area contributed by atoms with Gasteiger partial charge in [0.2, 0.25) is 0 Å². The molecule has 0 fully saturated rings. The zero-order valence-electron chi connectivity index (χ0n) is 21.6. The van der Waals surface area contributed by atoms with Crippen molar-refractivity contribution in [3.63, 3.8) is 0 Å². The van der Waals surface area contributed by atoms with E-state index < -0.39 is 11.9 Å². The van der Waals surface area contributed by atoms with E-state index in [1.54, 1.807) is 0 Å². The van der Waals surface area contributed by atoms with E-state index in [1.807, 2.05) is 0 Å². The fourth-order valence-electron chi connectivity index (χ4n) is 3.63. The van der Waals surface area contributed by atoms with E-state index in [-0.39, 0.29) is 36.3 Å². The molecule has 4 aromatic carbocycles. The Morgan fingerprint density at radius 3 is 0.868 bits per heavy atom. The van der Waals surface area contributed by atoms with Crippen molar-refractivity contribution < 1.29 is 40.2 Å². The molecule has 0 amide bonds. The van der Waals surface area contributed by atoms with Crippen LogP contribution in [0.4, 0.5) is 0 Å². The number of carboxylic acids is 2. The molecule has 0 saturated heterocycles. The summed E-state index contributed by atoms with van der Waals surface area (Å²) in [6.07, 6.45) is 3.72. The summed E-state index contributed by atoms with van der Waals surface area (Å²) in [5.74, 6) is -1.67. The molecule has 0 saturated carbocycles. The monoisotopic (exact) mass is 638 g/mol. The Kier molecular flexibility index (Phi) is 17.1. The molecule has 0 aromatic heterocycles. The van der Waals surface area contributed by atoms with Gasteiger partial charge in [-0.15, -0.1) is 0 Å². The molecule has 0 radical (unpaired) electrons. The van der Waals surface area contributed by atoms with Gasteiger partial charge < -0.3 is 10.2 Å². The smallest absolute Gasteiger partial charge is 0.481 e. The maximum Gasteiger partial charge on any atom is 2.00 e. The number of rotatable bonds is 8. The molecule has 4 rings (SSSR count). The van der Waals surface area contributed by atoms with Gasteiger partial charge in [0.15, 0.2) is 0 Å². The molecular formula is C31H34O4P2Pd+2. The van der Waals surface area contributed by atoms with E-state index in [1.165, 1.54) is 40.0 Å². The first-order valence-corrected chi connectivity index (χ1v) is 15.1. The van der Waals surface area contributed by atoms with Crippen LogP contribution in [0.3, 0.4) is 0 Å². The van der Waals surface area contributed by atoms with Gasteiger partial charge in [-0.3, -0.25) is 9.59 Å². The molecule has 4 nitrogen and oxygen atoms in total. The summed E-state index contributed by atoms with van der Waals surface area (Å²) in [6, 6.07) is 44.3. The van der Waals surface area contributed by atoms with Gasteiger partial charge >= 0.3 is 20.4 Å². The minimum Gasteiger partial charge on any atom is -0.481 e. The van der Waals surface area contributed by atoms with E-state index in [0.717, 1.165) is 13.8 Å². The van der Waals surface area contributed by atoms with Gasteiger partial charge in [0.1, 0.15) is 0 Å². The average molecular weight is 639 g/mol. The molecule has 0 aliphatic heterocycles. The number of benzene rings is 4. The largest absolute Gasteiger partial charge is 2.00 e. The quantitative estimate of drug-likeness (QED) is 0.188. The topological polar surface area (TPSA) is 74.6 Å². The third-order valence-corrected chi connectivity index (χ3v) is 10.2. The molecule has 200 valence electrons. The van der Waals surface area contributed by atoms with Crippen LogP contribution in [-0.4, -0.2) is 34.5 Å². The summed E-state index contributed by atoms with van der Waals surface area (Å²) in [5.41, 5.74) is 0. The van der Waals surface area contributed by atoms with Gasteiger partial charge in [0, 0.05) is 13.8 Å². The van der Waals surface area contributed by atoms with Crippen LogP contribution in [-0.2, 0) is 30.0 Å². The van der Waals surface area contributed by atoms with Crippen molar-refractivity contribution in [1.82, 2.24) is 0 Å². The first kappa shape index (κ1) is 33.4. The Morgan fingerprint density at radius 1 is 0.500 bits per heavy atom. The van der Waals surface area contributed by atoms with Crippen LogP contribution in [0.15, 0.2) is 121 Å². The van der Waals surface area contributed by atoms with Crippen molar-refractivity contribution in [3.05, 3.63) is 121 Å². The van der Waals surface area contributed by atoms with Crippen LogP contribution in [0.25, 0.3) is 0 Å². The van der Waals surface area contributed by atoms with Gasteiger partial charge in [-0.05, 0) is 55.8 Å². The molecule has 0 unspecified atom stereocenters. The molecule has 0 spiro atoms. The molecule has 0 aliphatic rings. The third kappa shape index (κ3) is 13.2. The van der Waals surface area contributed by atoms with E-state index in [4.69, 9.17) is 19.8 Å². The summed E-state index contributed by atoms with van der Waals surface area (Å²) >= 11 is 0. The number of hydrogen-bond acceptors (Lipinski definition) is 2. The normalized spacial score (nSPS) is 9.79. The fraction of sp³-hybridized carbons (Fsp3) is 0.161. The van der Waals surface area contributed by atoms with Gasteiger partial charge in [-0.25, -0.2) is 0 Å². The SMILES string of the molecule is CC(=O)O.CC(=O)O.[Pd+2].c1ccc(P(CCCP(c2ccccc2)c2ccccc2)c2ccccc2)cc1. The zero-order chi connectivity index (χ0) is 26.9. The van der Waals surface area contributed by atoms with Gasteiger partial charge in [-0.2, -0.15) is 0 Å². The molecule has 38 heavy (non-hydrogen) atoms. The second-order valence-corrected chi connectivity index (χ2v) is 12.7. The molecule has 0 bridgehead atoms. The summed E-state index contributed by atoms with van der Waals surface area (Å²) in [6.45, 7) is 2.17. The Hall–Kier alpha value is -2.66. The third-order valence-electron chi connectivity index (χ3n) is 5.03. The van der Waals surface area contributed by atoms with Gasteiger partial charge in [0.05, 0.1) is 0 Å². The number of hydrogen-bond donors (Lipinski definition) is 2. The van der Waals surface area contributed by atoms with E-state index in [0.29, 0.717) is 0 Å². The van der Waals surface area contributed by atoms with Crippen LogP contribution in [0, 0.1) is 0 Å². The summed E-state index contributed by atoms with van der Waals surface area (Å²) in [7, 11) is -0.618. The molecule has 4 aromatic rings. The second-order valence-electron chi connectivity index (χ2n) is 8.04. The average Bonchev–Trinajstić information content (AvgIpc) is 2.90. The van der Waals surface area contributed by atoms with Crippen LogP contribution < -0.4 is 21.2 Å². The maximum atomic E-state index is 9.00. The van der Waals surface area contributed by atoms with Crippen molar-refractivity contribution >= 4 is 49.0 Å². The van der Waals surface area contributed by atoms with E-state index in [2.05, 4.69) is 121 Å². The first-order chi connectivity index (χ1) is 17.9. The van der Waals surface area contributed by atoms with Crippen LogP contribution in [0.5, 0.6) is 0 Å².